The molecule has 4 fully saturated rings. The monoisotopic (exact) mass is 830 g/mol. The molecular weight excluding hydrogens is 759 g/mol. The van der Waals surface area contributed by atoms with Gasteiger partial charge in [0.1, 0.15) is 17.2 Å². The summed E-state index contributed by atoms with van der Waals surface area (Å²) in [6.45, 7) is 24.0. The molecule has 1 atom stereocenters. The average Bonchev–Trinajstić information content (AvgIpc) is 3.22. The fourth-order valence-electron chi connectivity index (χ4n) is 12.0. The Labute approximate surface area is 372 Å². The SMILES string of the molecule is C=CCC(CC)CCc1cc(C)cc(-c2ccc(C(C)(C)C)cc2-c2cc(OC)cc(-c3cc(C(C)(C)C)ccc3-c3cc(C)cc(C45CC6CC(CC(C6)C4)C5)c3O)n2)c1O. The largest absolute Gasteiger partial charge is 0.507 e. The van der Waals surface area contributed by atoms with E-state index < -0.39 is 0 Å². The number of rotatable bonds is 12. The summed E-state index contributed by atoms with van der Waals surface area (Å²) in [6.07, 6.45) is 13.5. The highest BCUT2D eigenvalue weighted by molar-refractivity contribution is 5.90. The summed E-state index contributed by atoms with van der Waals surface area (Å²) in [5.41, 5.74) is 13.7. The van der Waals surface area contributed by atoms with Crippen molar-refractivity contribution in [3.05, 3.63) is 119 Å². The molecular formula is C58H71NO3. The lowest BCUT2D eigenvalue weighted by Gasteiger charge is -2.57. The van der Waals surface area contributed by atoms with Crippen LogP contribution in [0.15, 0.2) is 85.5 Å². The number of aromatic hydroxyl groups is 2. The second kappa shape index (κ2) is 16.7. The Hall–Kier alpha value is -4.83. The van der Waals surface area contributed by atoms with Crippen LogP contribution in [0.25, 0.3) is 44.8 Å². The van der Waals surface area contributed by atoms with Crippen molar-refractivity contribution in [3.8, 4) is 62.0 Å². The minimum Gasteiger partial charge on any atom is -0.507 e. The number of hydrogen-bond acceptors (Lipinski definition) is 4. The standard InChI is InChI=1S/C58H71NO3/c1-12-14-37(13-2)15-16-41-21-35(3)22-49(54(41)60)45-19-17-42(56(5,6)7)28-47(45)52-30-44(62-11)31-53(59-52)48-29-43(57(8,9)10)18-20-46(48)50-23-36(4)24-51(55(50)61)58-32-38-25-39(33-58)27-40(26-38)34-58/h12,17-24,28-31,37-40,60-61H,1,13-16,25-27,32-34H2,2-11H3. The van der Waals surface area contributed by atoms with Gasteiger partial charge in [-0.05, 0) is 175 Å². The number of aryl methyl sites for hydroxylation is 3. The first-order chi connectivity index (χ1) is 29.4. The second-order valence-corrected chi connectivity index (χ2v) is 21.9. The number of benzene rings is 4. The molecule has 326 valence electrons. The molecule has 1 unspecified atom stereocenters. The van der Waals surface area contributed by atoms with Gasteiger partial charge in [-0.25, -0.2) is 4.98 Å². The highest BCUT2D eigenvalue weighted by Gasteiger charge is 2.52. The molecule has 1 aromatic heterocycles. The molecule has 4 aromatic carbocycles. The van der Waals surface area contributed by atoms with E-state index in [4.69, 9.17) is 9.72 Å². The zero-order valence-electron chi connectivity index (χ0n) is 39.3. The van der Waals surface area contributed by atoms with Crippen LogP contribution in [0.2, 0.25) is 0 Å². The lowest BCUT2D eigenvalue weighted by molar-refractivity contribution is -0.00612. The van der Waals surface area contributed by atoms with Crippen LogP contribution in [0.1, 0.15) is 140 Å². The summed E-state index contributed by atoms with van der Waals surface area (Å²) >= 11 is 0. The Balaban J connectivity index is 1.31. The Morgan fingerprint density at radius 2 is 1.19 bits per heavy atom. The molecule has 2 N–H and O–H groups in total. The van der Waals surface area contributed by atoms with E-state index in [0.29, 0.717) is 23.2 Å². The number of phenolic OH excluding ortho intramolecular Hbond substituents is 2. The predicted molar refractivity (Wildman–Crippen MR) is 260 cm³/mol. The first-order valence-electron chi connectivity index (χ1n) is 23.5. The summed E-state index contributed by atoms with van der Waals surface area (Å²) in [4.78, 5) is 5.58. The summed E-state index contributed by atoms with van der Waals surface area (Å²) in [7, 11) is 1.72. The van der Waals surface area contributed by atoms with Crippen molar-refractivity contribution >= 4 is 0 Å². The fraction of sp³-hybridized carbons (Fsp3) is 0.466. The Kier molecular flexibility index (Phi) is 11.8. The topological polar surface area (TPSA) is 62.6 Å². The number of allylic oxidation sites excluding steroid dienone is 1. The summed E-state index contributed by atoms with van der Waals surface area (Å²) in [5.74, 6) is 4.33. The van der Waals surface area contributed by atoms with Crippen LogP contribution in [0, 0.1) is 37.5 Å². The Morgan fingerprint density at radius 1 is 0.694 bits per heavy atom. The van der Waals surface area contributed by atoms with E-state index in [1.165, 1.54) is 55.2 Å². The van der Waals surface area contributed by atoms with Crippen molar-refractivity contribution in [1.82, 2.24) is 4.98 Å². The normalized spacial score (nSPS) is 21.3. The van der Waals surface area contributed by atoms with Crippen LogP contribution in [0.3, 0.4) is 0 Å². The van der Waals surface area contributed by atoms with Crippen molar-refractivity contribution in [2.75, 3.05) is 7.11 Å². The zero-order chi connectivity index (χ0) is 44.3. The van der Waals surface area contributed by atoms with Gasteiger partial charge in [-0.15, -0.1) is 6.58 Å². The second-order valence-electron chi connectivity index (χ2n) is 21.9. The van der Waals surface area contributed by atoms with Crippen LogP contribution in [-0.2, 0) is 22.7 Å². The van der Waals surface area contributed by atoms with Gasteiger partial charge in [0.25, 0.3) is 0 Å². The lowest BCUT2D eigenvalue weighted by Crippen LogP contribution is -2.48. The minimum absolute atomic E-state index is 0.0471. The first kappa shape index (κ1) is 43.8. The van der Waals surface area contributed by atoms with E-state index in [1.54, 1.807) is 7.11 Å². The predicted octanol–water partition coefficient (Wildman–Crippen LogP) is 15.4. The number of pyridine rings is 1. The van der Waals surface area contributed by atoms with Crippen molar-refractivity contribution < 1.29 is 14.9 Å². The molecule has 4 nitrogen and oxygen atoms in total. The van der Waals surface area contributed by atoms with Crippen LogP contribution in [0.5, 0.6) is 17.2 Å². The number of phenols is 2. The lowest BCUT2D eigenvalue weighted by atomic mass is 9.48. The molecule has 0 aliphatic heterocycles. The maximum Gasteiger partial charge on any atom is 0.127 e. The fourth-order valence-corrected chi connectivity index (χ4v) is 12.0. The van der Waals surface area contributed by atoms with Crippen LogP contribution in [0.4, 0.5) is 0 Å². The smallest absolute Gasteiger partial charge is 0.127 e. The summed E-state index contributed by atoms with van der Waals surface area (Å²) in [5, 5.41) is 24.8. The van der Waals surface area contributed by atoms with Crippen molar-refractivity contribution in [3.63, 3.8) is 0 Å². The molecule has 4 aliphatic carbocycles. The molecule has 0 spiro atoms. The molecule has 0 radical (unpaired) electrons. The number of nitrogens with zero attached hydrogens (tertiary/aromatic N) is 1. The van der Waals surface area contributed by atoms with E-state index in [9.17, 15) is 10.2 Å². The number of ether oxygens (including phenoxy) is 1. The van der Waals surface area contributed by atoms with Crippen molar-refractivity contribution in [1.29, 1.82) is 0 Å². The maximum atomic E-state index is 12.6. The van der Waals surface area contributed by atoms with Gasteiger partial charge in [0.15, 0.2) is 0 Å². The molecule has 62 heavy (non-hydrogen) atoms. The third-order valence-corrected chi connectivity index (χ3v) is 15.0. The molecule has 4 bridgehead atoms. The van der Waals surface area contributed by atoms with Gasteiger partial charge in [-0.1, -0.05) is 97.4 Å². The van der Waals surface area contributed by atoms with E-state index in [2.05, 4.69) is 130 Å². The van der Waals surface area contributed by atoms with Crippen LogP contribution < -0.4 is 4.74 Å². The van der Waals surface area contributed by atoms with Gasteiger partial charge in [0, 0.05) is 39.9 Å². The maximum absolute atomic E-state index is 12.6. The van der Waals surface area contributed by atoms with Gasteiger partial charge in [-0.3, -0.25) is 0 Å². The zero-order valence-corrected chi connectivity index (χ0v) is 39.3. The van der Waals surface area contributed by atoms with Gasteiger partial charge in [0.05, 0.1) is 18.5 Å². The average molecular weight is 830 g/mol. The molecule has 9 rings (SSSR count). The van der Waals surface area contributed by atoms with Gasteiger partial charge in [0.2, 0.25) is 0 Å². The number of hydrogen-bond donors (Lipinski definition) is 2. The highest BCUT2D eigenvalue weighted by atomic mass is 16.5. The van der Waals surface area contributed by atoms with Gasteiger partial charge >= 0.3 is 0 Å². The number of methoxy groups -OCH3 is 1. The molecule has 4 aliphatic rings. The van der Waals surface area contributed by atoms with Gasteiger partial charge < -0.3 is 14.9 Å². The van der Waals surface area contributed by atoms with E-state index in [0.717, 1.165) is 105 Å². The number of aromatic nitrogens is 1. The van der Waals surface area contributed by atoms with E-state index in [1.807, 2.05) is 18.2 Å². The molecule has 1 heterocycles. The van der Waals surface area contributed by atoms with Gasteiger partial charge in [-0.2, -0.15) is 0 Å². The molecule has 4 saturated carbocycles. The first-order valence-corrected chi connectivity index (χ1v) is 23.5. The molecule has 0 saturated heterocycles. The van der Waals surface area contributed by atoms with Crippen molar-refractivity contribution in [2.24, 2.45) is 23.7 Å². The third-order valence-electron chi connectivity index (χ3n) is 15.0. The highest BCUT2D eigenvalue weighted by Crippen LogP contribution is 2.62. The molecule has 5 aromatic rings. The molecule has 0 amide bonds. The third kappa shape index (κ3) is 8.48. The van der Waals surface area contributed by atoms with Crippen molar-refractivity contribution in [2.45, 2.75) is 143 Å². The summed E-state index contributed by atoms with van der Waals surface area (Å²) in [6, 6.07) is 26.2. The van der Waals surface area contributed by atoms with Crippen LogP contribution in [-0.4, -0.2) is 22.3 Å². The molecule has 4 heteroatoms. The van der Waals surface area contributed by atoms with E-state index in [-0.39, 0.29) is 16.2 Å². The Bertz CT molecular complexity index is 2460. The van der Waals surface area contributed by atoms with E-state index >= 15 is 0 Å². The quantitative estimate of drug-likeness (QED) is 0.123. The summed E-state index contributed by atoms with van der Waals surface area (Å²) < 4.78 is 6.13. The minimum atomic E-state index is -0.125. The Morgan fingerprint density at radius 3 is 1.66 bits per heavy atom. The van der Waals surface area contributed by atoms with Crippen LogP contribution >= 0.6 is 0 Å².